The molecule has 1 amide bonds. The van der Waals surface area contributed by atoms with Gasteiger partial charge in [0.1, 0.15) is 11.5 Å². The highest BCUT2D eigenvalue weighted by Crippen LogP contribution is 2.32. The van der Waals surface area contributed by atoms with E-state index in [9.17, 15) is 4.79 Å². The van der Waals surface area contributed by atoms with E-state index in [0.717, 1.165) is 48.9 Å². The third-order valence-electron chi connectivity index (χ3n) is 5.84. The van der Waals surface area contributed by atoms with Crippen LogP contribution in [0.5, 0.6) is 0 Å². The van der Waals surface area contributed by atoms with Crippen LogP contribution >= 0.6 is 0 Å². The van der Waals surface area contributed by atoms with Crippen LogP contribution in [0.25, 0.3) is 11.4 Å². The van der Waals surface area contributed by atoms with E-state index in [0.29, 0.717) is 5.82 Å². The van der Waals surface area contributed by atoms with Crippen molar-refractivity contribution < 1.29 is 4.79 Å². The summed E-state index contributed by atoms with van der Waals surface area (Å²) in [6.07, 6.45) is 4.88. The first-order valence-corrected chi connectivity index (χ1v) is 10.8. The number of carbonyl (C=O) groups is 1. The van der Waals surface area contributed by atoms with Crippen molar-refractivity contribution in [3.63, 3.8) is 0 Å². The van der Waals surface area contributed by atoms with Crippen LogP contribution in [0.3, 0.4) is 0 Å². The van der Waals surface area contributed by atoms with Crippen molar-refractivity contribution in [2.45, 2.75) is 46.1 Å². The molecule has 1 saturated heterocycles. The summed E-state index contributed by atoms with van der Waals surface area (Å²) < 4.78 is 0. The molecule has 1 aliphatic heterocycles. The third-order valence-corrected chi connectivity index (χ3v) is 5.84. The number of anilines is 1. The molecule has 2 aromatic rings. The monoisotopic (exact) mass is 393 g/mol. The molecule has 0 radical (unpaired) electrons. The van der Waals surface area contributed by atoms with Gasteiger partial charge in [-0.2, -0.15) is 0 Å². The minimum absolute atomic E-state index is 0.283. The van der Waals surface area contributed by atoms with Crippen LogP contribution in [-0.4, -0.2) is 47.0 Å². The highest BCUT2D eigenvalue weighted by molar-refractivity contribution is 5.92. The average molecular weight is 394 g/mol. The number of likely N-dealkylation sites (tertiary alicyclic amines) is 1. The number of carbonyl (C=O) groups excluding carboxylic acids is 1. The molecule has 4 rings (SSSR count). The van der Waals surface area contributed by atoms with Crippen molar-refractivity contribution in [3.8, 4) is 11.4 Å². The minimum atomic E-state index is -0.509. The molecule has 0 atom stereocenters. The van der Waals surface area contributed by atoms with Crippen molar-refractivity contribution >= 4 is 11.7 Å². The van der Waals surface area contributed by atoms with Crippen LogP contribution < -0.4 is 10.6 Å². The number of hydrogen-bond acceptors (Lipinski definition) is 5. The first-order valence-electron chi connectivity index (χ1n) is 10.8. The number of aryl methyl sites for hydroxylation is 1. The Kier molecular flexibility index (Phi) is 5.81. The molecule has 0 bridgehead atoms. The van der Waals surface area contributed by atoms with Crippen LogP contribution in [0, 0.1) is 12.8 Å². The summed E-state index contributed by atoms with van der Waals surface area (Å²) in [6, 6.07) is 8.19. The SMILES string of the molecule is CCCN(CC1CC1)c1cc(C(N)=O)nc(-c2ccc(CN3CCC3)cc2C)n1. The second-order valence-electron chi connectivity index (χ2n) is 8.47. The van der Waals surface area contributed by atoms with Crippen molar-refractivity contribution in [2.24, 2.45) is 11.7 Å². The Morgan fingerprint density at radius 1 is 1.24 bits per heavy atom. The largest absolute Gasteiger partial charge is 0.364 e. The standard InChI is InChI=1S/C23H31N5O/c1-3-9-28(15-17-5-6-17)21-13-20(22(24)29)25-23(26-21)19-8-7-18(12-16(19)2)14-27-10-4-11-27/h7-8,12-13,17H,3-6,9-11,14-15H2,1-2H3,(H2,24,29). The maximum Gasteiger partial charge on any atom is 0.267 e. The minimum Gasteiger partial charge on any atom is -0.364 e. The van der Waals surface area contributed by atoms with Gasteiger partial charge in [-0.1, -0.05) is 25.1 Å². The Bertz CT molecular complexity index is 889. The fourth-order valence-electron chi connectivity index (χ4n) is 3.90. The van der Waals surface area contributed by atoms with E-state index in [2.05, 4.69) is 46.8 Å². The predicted molar refractivity (Wildman–Crippen MR) is 116 cm³/mol. The molecule has 1 aromatic carbocycles. The van der Waals surface area contributed by atoms with E-state index >= 15 is 0 Å². The predicted octanol–water partition coefficient (Wildman–Crippen LogP) is 3.38. The van der Waals surface area contributed by atoms with Crippen LogP contribution in [0.15, 0.2) is 24.3 Å². The molecule has 1 saturated carbocycles. The van der Waals surface area contributed by atoms with E-state index in [1.165, 1.54) is 37.9 Å². The quantitative estimate of drug-likeness (QED) is 0.707. The molecule has 154 valence electrons. The van der Waals surface area contributed by atoms with Crippen LogP contribution in [0.1, 0.15) is 54.2 Å². The van der Waals surface area contributed by atoms with Crippen LogP contribution in [0.2, 0.25) is 0 Å². The van der Waals surface area contributed by atoms with Gasteiger partial charge in [0.05, 0.1) is 0 Å². The third kappa shape index (κ3) is 4.75. The van der Waals surface area contributed by atoms with Gasteiger partial charge in [0, 0.05) is 31.3 Å². The fraction of sp³-hybridized carbons (Fsp3) is 0.522. The summed E-state index contributed by atoms with van der Waals surface area (Å²) in [4.78, 5) is 26.0. The zero-order chi connectivity index (χ0) is 20.4. The fourth-order valence-corrected chi connectivity index (χ4v) is 3.90. The molecular formula is C23H31N5O. The van der Waals surface area contributed by atoms with Gasteiger partial charge in [0.2, 0.25) is 0 Å². The smallest absolute Gasteiger partial charge is 0.267 e. The van der Waals surface area contributed by atoms with Crippen LogP contribution in [0.4, 0.5) is 5.82 Å². The molecule has 1 aromatic heterocycles. The Morgan fingerprint density at radius 3 is 2.62 bits per heavy atom. The summed E-state index contributed by atoms with van der Waals surface area (Å²) in [6.45, 7) is 9.50. The number of hydrogen-bond donors (Lipinski definition) is 1. The molecule has 6 nitrogen and oxygen atoms in total. The normalized spacial score (nSPS) is 16.5. The number of rotatable bonds is 9. The van der Waals surface area contributed by atoms with E-state index in [4.69, 9.17) is 10.7 Å². The lowest BCUT2D eigenvalue weighted by molar-refractivity contribution is 0.0995. The first-order chi connectivity index (χ1) is 14.0. The van der Waals surface area contributed by atoms with E-state index in [1.54, 1.807) is 6.07 Å². The molecule has 0 unspecified atom stereocenters. The molecule has 2 fully saturated rings. The molecule has 6 heteroatoms. The van der Waals surface area contributed by atoms with Crippen LogP contribution in [-0.2, 0) is 6.54 Å². The molecular weight excluding hydrogens is 362 g/mol. The van der Waals surface area contributed by atoms with Crippen molar-refractivity contribution in [1.29, 1.82) is 0 Å². The number of benzene rings is 1. The van der Waals surface area contributed by atoms with Crippen molar-refractivity contribution in [2.75, 3.05) is 31.1 Å². The number of nitrogens with two attached hydrogens (primary N) is 1. The number of primary amides is 1. The molecule has 2 N–H and O–H groups in total. The molecule has 0 spiro atoms. The Hall–Kier alpha value is -2.47. The lowest BCUT2D eigenvalue weighted by atomic mass is 10.0. The lowest BCUT2D eigenvalue weighted by Crippen LogP contribution is -2.36. The topological polar surface area (TPSA) is 75.3 Å². The second kappa shape index (κ2) is 8.49. The van der Waals surface area contributed by atoms with E-state index < -0.39 is 5.91 Å². The highest BCUT2D eigenvalue weighted by atomic mass is 16.1. The van der Waals surface area contributed by atoms with Crippen molar-refractivity contribution in [3.05, 3.63) is 41.1 Å². The summed E-state index contributed by atoms with van der Waals surface area (Å²) in [5, 5.41) is 0. The van der Waals surface area contributed by atoms with Gasteiger partial charge in [-0.25, -0.2) is 9.97 Å². The molecule has 1 aliphatic carbocycles. The Labute approximate surface area is 173 Å². The van der Waals surface area contributed by atoms with Gasteiger partial charge >= 0.3 is 0 Å². The number of aromatic nitrogens is 2. The van der Waals surface area contributed by atoms with Gasteiger partial charge in [0.15, 0.2) is 5.82 Å². The number of nitrogens with zero attached hydrogens (tertiary/aromatic N) is 4. The van der Waals surface area contributed by atoms with Gasteiger partial charge in [-0.15, -0.1) is 0 Å². The first kappa shape index (κ1) is 19.8. The zero-order valence-corrected chi connectivity index (χ0v) is 17.5. The summed E-state index contributed by atoms with van der Waals surface area (Å²) >= 11 is 0. The molecule has 2 aliphatic rings. The van der Waals surface area contributed by atoms with Gasteiger partial charge in [-0.3, -0.25) is 9.69 Å². The summed E-state index contributed by atoms with van der Waals surface area (Å²) in [7, 11) is 0. The van der Waals surface area contributed by atoms with Gasteiger partial charge in [0.25, 0.3) is 5.91 Å². The highest BCUT2D eigenvalue weighted by Gasteiger charge is 2.26. The zero-order valence-electron chi connectivity index (χ0n) is 17.5. The van der Waals surface area contributed by atoms with Gasteiger partial charge in [-0.05, 0) is 62.7 Å². The maximum atomic E-state index is 12.0. The average Bonchev–Trinajstić information content (AvgIpc) is 3.48. The summed E-state index contributed by atoms with van der Waals surface area (Å²) in [5.41, 5.74) is 9.28. The molecule has 2 heterocycles. The second-order valence-corrected chi connectivity index (χ2v) is 8.47. The number of amides is 1. The molecule has 29 heavy (non-hydrogen) atoms. The lowest BCUT2D eigenvalue weighted by Gasteiger charge is -2.30. The van der Waals surface area contributed by atoms with E-state index in [-0.39, 0.29) is 5.69 Å². The summed E-state index contributed by atoms with van der Waals surface area (Å²) in [5.74, 6) is 1.62. The Morgan fingerprint density at radius 2 is 2.03 bits per heavy atom. The Balaban J connectivity index is 1.66. The van der Waals surface area contributed by atoms with E-state index in [1.807, 2.05) is 0 Å². The van der Waals surface area contributed by atoms with Crippen molar-refractivity contribution in [1.82, 2.24) is 14.9 Å². The van der Waals surface area contributed by atoms with Gasteiger partial charge < -0.3 is 10.6 Å². The maximum absolute atomic E-state index is 12.0.